The lowest BCUT2D eigenvalue weighted by Crippen LogP contribution is -2.35. The van der Waals surface area contributed by atoms with Crippen LogP contribution in [0.2, 0.25) is 0 Å². The second-order valence-electron chi connectivity index (χ2n) is 3.20. The van der Waals surface area contributed by atoms with Gasteiger partial charge in [-0.3, -0.25) is 4.72 Å². The van der Waals surface area contributed by atoms with Crippen LogP contribution in [0.15, 0.2) is 0 Å². The van der Waals surface area contributed by atoms with Crippen molar-refractivity contribution in [1.29, 1.82) is 0 Å². The van der Waals surface area contributed by atoms with E-state index in [9.17, 15) is 0 Å². The fourth-order valence-corrected chi connectivity index (χ4v) is 2.43. The summed E-state index contributed by atoms with van der Waals surface area (Å²) in [6.45, 7) is 3.72. The molecule has 1 atom stereocenters. The molecule has 1 rings (SSSR count). The molecule has 1 unspecified atom stereocenters. The minimum absolute atomic E-state index is 0.871. The summed E-state index contributed by atoms with van der Waals surface area (Å²) < 4.78 is 3.32. The molecule has 1 N–H and O–H groups in total. The molecule has 4 heteroatoms. The zero-order chi connectivity index (χ0) is 8.10. The maximum absolute atomic E-state index is 3.32. The van der Waals surface area contributed by atoms with Gasteiger partial charge in [-0.2, -0.15) is 0 Å². The summed E-state index contributed by atoms with van der Waals surface area (Å²) in [6, 6.07) is 0. The highest BCUT2D eigenvalue weighted by Gasteiger charge is 2.15. The predicted octanol–water partition coefficient (Wildman–Crippen LogP) is 1.92. The van der Waals surface area contributed by atoms with Gasteiger partial charge in [-0.1, -0.05) is 0 Å². The molecule has 0 aliphatic carbocycles. The highest BCUT2D eigenvalue weighted by Crippen LogP contribution is 2.15. The average Bonchev–Trinajstić information content (AvgIpc) is 2.01. The molecule has 0 aromatic heterocycles. The molecule has 1 aliphatic heterocycles. The summed E-state index contributed by atoms with van der Waals surface area (Å²) in [7, 11) is 3.91. The second kappa shape index (κ2) is 5.61. The van der Waals surface area contributed by atoms with Crippen molar-refractivity contribution >= 4 is 30.3 Å². The number of piperidine rings is 1. The van der Waals surface area contributed by atoms with Crippen LogP contribution in [-0.4, -0.2) is 31.6 Å². The maximum Gasteiger partial charge on any atom is 0.0143 e. The molecule has 0 aromatic rings. The van der Waals surface area contributed by atoms with Gasteiger partial charge in [0.2, 0.25) is 0 Å². The number of hydrogen-bond acceptors (Lipinski definition) is 3. The van der Waals surface area contributed by atoms with Crippen LogP contribution in [0.1, 0.15) is 12.8 Å². The van der Waals surface area contributed by atoms with Crippen LogP contribution in [-0.2, 0) is 0 Å². The molecule has 0 amide bonds. The monoisotopic (exact) mass is 286 g/mol. The van der Waals surface area contributed by atoms with Gasteiger partial charge in [-0.25, -0.2) is 0 Å². The van der Waals surface area contributed by atoms with Gasteiger partial charge in [0, 0.05) is 34.3 Å². The lowest BCUT2D eigenvalue weighted by molar-refractivity contribution is 0.212. The first-order chi connectivity index (χ1) is 5.33. The molecular weight excluding hydrogens is 271 g/mol. The Morgan fingerprint density at radius 1 is 1.73 bits per heavy atom. The Kier molecular flexibility index (Phi) is 5.14. The average molecular weight is 286 g/mol. The van der Waals surface area contributed by atoms with E-state index in [0.717, 1.165) is 12.5 Å². The normalized spacial score (nSPS) is 27.3. The van der Waals surface area contributed by atoms with E-state index in [1.165, 1.54) is 25.9 Å². The number of nitrogens with zero attached hydrogens (tertiary/aromatic N) is 1. The third-order valence-electron chi connectivity index (χ3n) is 2.15. The van der Waals surface area contributed by atoms with Crippen molar-refractivity contribution in [2.45, 2.75) is 12.8 Å². The summed E-state index contributed by atoms with van der Waals surface area (Å²) in [5, 5.41) is 0. The molecular formula is C7H15IN2S. The lowest BCUT2D eigenvalue weighted by atomic mass is 9.99. The summed E-state index contributed by atoms with van der Waals surface area (Å²) in [5.74, 6) is 0.871. The van der Waals surface area contributed by atoms with Crippen LogP contribution >= 0.6 is 30.3 Å². The SMILES string of the molecule is CN1CCCC(CNSI)C1. The highest BCUT2D eigenvalue weighted by molar-refractivity contribution is 14.2. The highest BCUT2D eigenvalue weighted by atomic mass is 127. The van der Waals surface area contributed by atoms with Gasteiger partial charge in [-0.15, -0.1) is 0 Å². The number of nitrogens with one attached hydrogen (secondary N) is 1. The van der Waals surface area contributed by atoms with Gasteiger partial charge >= 0.3 is 0 Å². The quantitative estimate of drug-likeness (QED) is 0.630. The molecule has 1 heterocycles. The van der Waals surface area contributed by atoms with Crippen molar-refractivity contribution in [2.24, 2.45) is 5.92 Å². The first kappa shape index (κ1) is 10.1. The van der Waals surface area contributed by atoms with Crippen LogP contribution in [0.5, 0.6) is 0 Å². The molecule has 11 heavy (non-hydrogen) atoms. The first-order valence-electron chi connectivity index (χ1n) is 4.02. The molecule has 0 bridgehead atoms. The third-order valence-corrected chi connectivity index (χ3v) is 3.36. The maximum atomic E-state index is 3.32. The zero-order valence-electron chi connectivity index (χ0n) is 6.85. The van der Waals surface area contributed by atoms with Crippen molar-refractivity contribution in [2.75, 3.05) is 26.7 Å². The Balaban J connectivity index is 2.12. The first-order valence-corrected chi connectivity index (χ1v) is 7.38. The van der Waals surface area contributed by atoms with Crippen molar-refractivity contribution in [3.05, 3.63) is 0 Å². The lowest BCUT2D eigenvalue weighted by Gasteiger charge is -2.29. The Morgan fingerprint density at radius 3 is 3.18 bits per heavy atom. The van der Waals surface area contributed by atoms with E-state index in [1.54, 1.807) is 9.12 Å². The topological polar surface area (TPSA) is 15.3 Å². The number of rotatable bonds is 3. The standard InChI is InChI=1S/C7H15IN2S/c1-10-4-2-3-7(6-10)5-9-11-8/h7,9H,2-6H2,1H3. The Bertz CT molecular complexity index is 113. The molecule has 1 saturated heterocycles. The number of likely N-dealkylation sites (tertiary alicyclic amines) is 1. The minimum Gasteiger partial charge on any atom is -0.306 e. The summed E-state index contributed by atoms with van der Waals surface area (Å²) in [4.78, 5) is 2.42. The van der Waals surface area contributed by atoms with Crippen molar-refractivity contribution < 1.29 is 0 Å². The van der Waals surface area contributed by atoms with Gasteiger partial charge in [0.15, 0.2) is 0 Å². The Labute approximate surface area is 85.2 Å². The van der Waals surface area contributed by atoms with E-state index in [2.05, 4.69) is 37.9 Å². The summed E-state index contributed by atoms with van der Waals surface area (Å²) >= 11 is 2.28. The smallest absolute Gasteiger partial charge is 0.0143 e. The molecule has 66 valence electrons. The van der Waals surface area contributed by atoms with Gasteiger partial charge in [0.25, 0.3) is 0 Å². The largest absolute Gasteiger partial charge is 0.306 e. The van der Waals surface area contributed by atoms with Crippen molar-refractivity contribution in [3.63, 3.8) is 0 Å². The number of halogens is 1. The third kappa shape index (κ3) is 3.96. The molecule has 0 saturated carbocycles. The summed E-state index contributed by atoms with van der Waals surface area (Å²) in [6.07, 6.45) is 2.77. The van der Waals surface area contributed by atoms with E-state index >= 15 is 0 Å². The van der Waals surface area contributed by atoms with Gasteiger partial charge in [0.1, 0.15) is 0 Å². The van der Waals surface area contributed by atoms with Gasteiger partial charge in [0.05, 0.1) is 0 Å². The van der Waals surface area contributed by atoms with Crippen molar-refractivity contribution in [3.8, 4) is 0 Å². The van der Waals surface area contributed by atoms with Crippen LogP contribution in [0, 0.1) is 5.92 Å². The number of hydrogen-bond donors (Lipinski definition) is 1. The van der Waals surface area contributed by atoms with E-state index in [4.69, 9.17) is 0 Å². The predicted molar refractivity (Wildman–Crippen MR) is 59.8 cm³/mol. The van der Waals surface area contributed by atoms with Crippen LogP contribution in [0.3, 0.4) is 0 Å². The van der Waals surface area contributed by atoms with E-state index in [1.807, 2.05) is 0 Å². The molecule has 2 nitrogen and oxygen atoms in total. The van der Waals surface area contributed by atoms with E-state index < -0.39 is 0 Å². The molecule has 1 fully saturated rings. The fourth-order valence-electron chi connectivity index (χ4n) is 1.59. The van der Waals surface area contributed by atoms with Crippen LogP contribution in [0.4, 0.5) is 0 Å². The van der Waals surface area contributed by atoms with Crippen LogP contribution in [0.25, 0.3) is 0 Å². The molecule has 1 aliphatic rings. The molecule has 0 spiro atoms. The minimum atomic E-state index is 0.871. The Hall–Kier alpha value is 1.00. The van der Waals surface area contributed by atoms with E-state index in [-0.39, 0.29) is 0 Å². The molecule has 0 radical (unpaired) electrons. The second-order valence-corrected chi connectivity index (χ2v) is 4.96. The zero-order valence-corrected chi connectivity index (χ0v) is 9.82. The molecule has 0 aromatic carbocycles. The fraction of sp³-hybridized carbons (Fsp3) is 1.00. The van der Waals surface area contributed by atoms with Gasteiger partial charge < -0.3 is 4.90 Å². The summed E-state index contributed by atoms with van der Waals surface area (Å²) in [5.41, 5.74) is 0. The van der Waals surface area contributed by atoms with Crippen LogP contribution < -0.4 is 4.72 Å². The van der Waals surface area contributed by atoms with E-state index in [0.29, 0.717) is 0 Å². The van der Waals surface area contributed by atoms with Gasteiger partial charge in [-0.05, 0) is 41.5 Å². The Morgan fingerprint density at radius 2 is 2.55 bits per heavy atom. The van der Waals surface area contributed by atoms with Crippen molar-refractivity contribution in [1.82, 2.24) is 9.62 Å².